The molecule has 3 N–H and O–H groups in total. The van der Waals surface area contributed by atoms with Gasteiger partial charge in [0.25, 0.3) is 5.91 Å². The van der Waals surface area contributed by atoms with Crippen molar-refractivity contribution in [2.45, 2.75) is 36.2 Å². The molecule has 2 amide bonds. The molecule has 196 valence electrons. The molecule has 3 atom stereocenters. The number of anilines is 1. The highest BCUT2D eigenvalue weighted by atomic mass is 32.2. The zero-order valence-corrected chi connectivity index (χ0v) is 20.1. The fraction of sp³-hybridized carbons (Fsp3) is 0.435. The molecule has 3 unspecified atom stereocenters. The van der Waals surface area contributed by atoms with E-state index in [1.165, 1.54) is 30.0 Å². The van der Waals surface area contributed by atoms with Crippen LogP contribution in [0, 0.1) is 11.7 Å². The minimum Gasteiger partial charge on any atom is -0.467 e. The van der Waals surface area contributed by atoms with Crippen molar-refractivity contribution < 1.29 is 31.9 Å². The number of ether oxygens (including phenoxy) is 1. The largest absolute Gasteiger partial charge is 0.467 e. The van der Waals surface area contributed by atoms with Gasteiger partial charge in [0, 0.05) is 30.3 Å². The van der Waals surface area contributed by atoms with E-state index in [1.807, 2.05) is 4.90 Å². The number of benzene rings is 1. The molecule has 2 aliphatic heterocycles. The van der Waals surface area contributed by atoms with E-state index in [9.17, 15) is 27.2 Å². The number of likely N-dealkylation sites (tertiary alicyclic amines) is 1. The average molecular weight is 539 g/mol. The fourth-order valence-corrected chi connectivity index (χ4v) is 5.96. The number of carbonyl (C=O) groups excluding carboxylic acids is 2. The van der Waals surface area contributed by atoms with E-state index in [1.54, 1.807) is 0 Å². The first-order chi connectivity index (χ1) is 17.6. The van der Waals surface area contributed by atoms with Crippen molar-refractivity contribution in [2.75, 3.05) is 25.0 Å². The predicted molar refractivity (Wildman–Crippen MR) is 127 cm³/mol. The first-order valence-corrected chi connectivity index (χ1v) is 12.3. The molecule has 1 saturated heterocycles. The predicted octanol–water partition coefficient (Wildman–Crippen LogP) is 3.29. The maximum absolute atomic E-state index is 14.9. The Morgan fingerprint density at radius 1 is 1.22 bits per heavy atom. The van der Waals surface area contributed by atoms with Crippen LogP contribution in [0.3, 0.4) is 0 Å². The van der Waals surface area contributed by atoms with Gasteiger partial charge in [-0.3, -0.25) is 14.6 Å². The minimum absolute atomic E-state index is 0.00829. The van der Waals surface area contributed by atoms with Crippen molar-refractivity contribution in [3.8, 4) is 5.88 Å². The van der Waals surface area contributed by atoms with Crippen LogP contribution in [-0.2, 0) is 4.79 Å². The molecule has 37 heavy (non-hydrogen) atoms. The van der Waals surface area contributed by atoms with Gasteiger partial charge in [-0.05, 0) is 37.5 Å². The van der Waals surface area contributed by atoms with Crippen molar-refractivity contribution in [3.63, 3.8) is 0 Å². The van der Waals surface area contributed by atoms with E-state index in [4.69, 9.17) is 5.73 Å². The Morgan fingerprint density at radius 2 is 1.97 bits per heavy atom. The molecule has 1 aromatic heterocycles. The van der Waals surface area contributed by atoms with E-state index in [-0.39, 0.29) is 39.8 Å². The molecule has 5 rings (SSSR count). The van der Waals surface area contributed by atoms with Crippen LogP contribution >= 0.6 is 11.8 Å². The SMILES string of the molecule is NC1=NC(c2cc(NC(=O)c3cnc(OCC(F)(F)F)cn3)ccc2F)C2CC2(C(=O)N2CCCC2)S1. The monoisotopic (exact) mass is 538 g/mol. The Kier molecular flexibility index (Phi) is 6.46. The van der Waals surface area contributed by atoms with Gasteiger partial charge in [0.1, 0.15) is 16.3 Å². The quantitative estimate of drug-likeness (QED) is 0.541. The fourth-order valence-electron chi connectivity index (χ4n) is 4.66. The van der Waals surface area contributed by atoms with E-state index in [2.05, 4.69) is 25.0 Å². The number of aromatic nitrogens is 2. The summed E-state index contributed by atoms with van der Waals surface area (Å²) >= 11 is 1.24. The number of thioether (sulfide) groups is 1. The molecule has 3 aliphatic rings. The Labute approximate surface area is 212 Å². The van der Waals surface area contributed by atoms with Crippen LogP contribution in [0.2, 0.25) is 0 Å². The lowest BCUT2D eigenvalue weighted by Gasteiger charge is -2.28. The topological polar surface area (TPSA) is 123 Å². The summed E-state index contributed by atoms with van der Waals surface area (Å²) < 4.78 is 55.4. The lowest BCUT2D eigenvalue weighted by atomic mass is 9.99. The van der Waals surface area contributed by atoms with E-state index in [0.717, 1.165) is 25.2 Å². The maximum atomic E-state index is 14.9. The summed E-state index contributed by atoms with van der Waals surface area (Å²) in [6, 6.07) is 3.28. The molecular weight excluding hydrogens is 516 g/mol. The van der Waals surface area contributed by atoms with E-state index >= 15 is 0 Å². The van der Waals surface area contributed by atoms with Crippen LogP contribution in [0.25, 0.3) is 0 Å². The van der Waals surface area contributed by atoms with Gasteiger partial charge in [-0.25, -0.2) is 14.4 Å². The van der Waals surface area contributed by atoms with Gasteiger partial charge in [0.15, 0.2) is 11.8 Å². The van der Waals surface area contributed by atoms with Crippen LogP contribution < -0.4 is 15.8 Å². The molecule has 14 heteroatoms. The molecule has 1 aromatic carbocycles. The highest BCUT2D eigenvalue weighted by Gasteiger charge is 2.67. The number of hydrogen-bond donors (Lipinski definition) is 2. The number of rotatable bonds is 6. The number of nitrogens with one attached hydrogen (secondary N) is 1. The van der Waals surface area contributed by atoms with Gasteiger partial charge >= 0.3 is 6.18 Å². The maximum Gasteiger partial charge on any atom is 0.422 e. The summed E-state index contributed by atoms with van der Waals surface area (Å²) in [6.45, 7) is -0.141. The molecule has 2 aromatic rings. The van der Waals surface area contributed by atoms with Gasteiger partial charge < -0.3 is 20.7 Å². The number of fused-ring (bicyclic) bond motifs is 1. The van der Waals surface area contributed by atoms with Gasteiger partial charge in [0.05, 0.1) is 18.4 Å². The lowest BCUT2D eigenvalue weighted by molar-refractivity contribution is -0.154. The van der Waals surface area contributed by atoms with Crippen LogP contribution in [0.15, 0.2) is 35.6 Å². The highest BCUT2D eigenvalue weighted by molar-refractivity contribution is 8.15. The summed E-state index contributed by atoms with van der Waals surface area (Å²) in [5.41, 5.74) is 6.32. The Balaban J connectivity index is 1.30. The highest BCUT2D eigenvalue weighted by Crippen LogP contribution is 2.64. The number of nitrogens with two attached hydrogens (primary N) is 1. The van der Waals surface area contributed by atoms with Crippen LogP contribution in [0.4, 0.5) is 23.2 Å². The Morgan fingerprint density at radius 3 is 2.65 bits per heavy atom. The number of alkyl halides is 3. The van der Waals surface area contributed by atoms with E-state index in [0.29, 0.717) is 19.5 Å². The van der Waals surface area contributed by atoms with Crippen molar-refractivity contribution in [2.24, 2.45) is 16.6 Å². The third-order valence-electron chi connectivity index (χ3n) is 6.47. The minimum atomic E-state index is -4.54. The molecular formula is C23H22F4N6O3S. The third-order valence-corrected chi connectivity index (χ3v) is 7.79. The van der Waals surface area contributed by atoms with Gasteiger partial charge in [0.2, 0.25) is 11.8 Å². The average Bonchev–Trinajstić information content (AvgIpc) is 3.34. The molecule has 3 heterocycles. The second kappa shape index (κ2) is 9.47. The number of amidine groups is 1. The summed E-state index contributed by atoms with van der Waals surface area (Å²) in [5, 5.41) is 2.78. The molecule has 0 radical (unpaired) electrons. The first-order valence-electron chi connectivity index (χ1n) is 11.5. The zero-order valence-electron chi connectivity index (χ0n) is 19.3. The molecule has 2 fully saturated rings. The summed E-state index contributed by atoms with van der Waals surface area (Å²) in [5.74, 6) is -1.87. The Bertz CT molecular complexity index is 1250. The molecule has 1 aliphatic carbocycles. The van der Waals surface area contributed by atoms with Gasteiger partial charge in [-0.2, -0.15) is 13.2 Å². The normalized spacial score (nSPS) is 24.8. The van der Waals surface area contributed by atoms with Gasteiger partial charge in [-0.1, -0.05) is 11.8 Å². The van der Waals surface area contributed by atoms with E-state index < -0.39 is 35.3 Å². The third kappa shape index (κ3) is 5.20. The Hall–Kier alpha value is -3.42. The number of hydrogen-bond acceptors (Lipinski definition) is 8. The van der Waals surface area contributed by atoms with Crippen LogP contribution in [-0.4, -0.2) is 62.5 Å². The molecule has 9 nitrogen and oxygen atoms in total. The van der Waals surface area contributed by atoms with Crippen molar-refractivity contribution in [1.82, 2.24) is 14.9 Å². The van der Waals surface area contributed by atoms with Crippen molar-refractivity contribution >= 4 is 34.4 Å². The van der Waals surface area contributed by atoms with Crippen molar-refractivity contribution in [1.29, 1.82) is 0 Å². The molecule has 0 bridgehead atoms. The smallest absolute Gasteiger partial charge is 0.422 e. The summed E-state index contributed by atoms with van der Waals surface area (Å²) in [4.78, 5) is 39.5. The van der Waals surface area contributed by atoms with Crippen molar-refractivity contribution in [3.05, 3.63) is 47.7 Å². The van der Waals surface area contributed by atoms with Crippen LogP contribution in [0.1, 0.15) is 41.4 Å². The second-order valence-electron chi connectivity index (χ2n) is 9.05. The van der Waals surface area contributed by atoms with Crippen LogP contribution in [0.5, 0.6) is 5.88 Å². The lowest BCUT2D eigenvalue weighted by Crippen LogP contribution is -2.41. The number of aliphatic imine (C=N–C) groups is 1. The number of halogens is 4. The number of carbonyl (C=O) groups is 2. The first kappa shape index (κ1) is 25.2. The van der Waals surface area contributed by atoms with Gasteiger partial charge in [-0.15, -0.1) is 0 Å². The molecule has 1 saturated carbocycles. The number of amides is 2. The standard InChI is InChI=1S/C23H22F4N6O3S/c24-15-4-3-12(31-19(34)16-9-30-17(10-29-16)36-11-23(25,26)27)7-13(15)18-14-8-22(14,37-21(28)32-18)20(35)33-5-1-2-6-33/h3-4,7,9-10,14,18H,1-2,5-6,8,11H2,(H2,28,32)(H,31,34). The molecule has 0 spiro atoms. The zero-order chi connectivity index (χ0) is 26.4. The summed E-state index contributed by atoms with van der Waals surface area (Å²) in [7, 11) is 0. The second-order valence-corrected chi connectivity index (χ2v) is 10.4. The number of nitrogens with zero attached hydrogens (tertiary/aromatic N) is 4. The summed E-state index contributed by atoms with van der Waals surface area (Å²) in [6.07, 6.45) is -0.237.